The Bertz CT molecular complexity index is 506. The molecule has 1 atom stereocenters. The average molecular weight is 269 g/mol. The Labute approximate surface area is 109 Å². The molecule has 4 nitrogen and oxygen atoms in total. The van der Waals surface area contributed by atoms with E-state index in [4.69, 9.17) is 11.6 Å². The topological polar surface area (TPSA) is 50.7 Å². The molecule has 0 amide bonds. The van der Waals surface area contributed by atoms with E-state index < -0.39 is 0 Å². The first-order valence-corrected chi connectivity index (χ1v) is 6.50. The van der Waals surface area contributed by atoms with Crippen LogP contribution in [0.3, 0.4) is 0 Å². The molecule has 2 heterocycles. The van der Waals surface area contributed by atoms with Crippen LogP contribution in [0.2, 0.25) is 5.15 Å². The highest BCUT2D eigenvalue weighted by Gasteiger charge is 2.10. The molecule has 2 aromatic heterocycles. The summed E-state index contributed by atoms with van der Waals surface area (Å²) in [5.41, 5.74) is 1.04. The first-order chi connectivity index (χ1) is 8.04. The number of nitrogens with one attached hydrogen (secondary N) is 1. The summed E-state index contributed by atoms with van der Waals surface area (Å²) in [5, 5.41) is 6.78. The molecule has 6 heteroatoms. The van der Waals surface area contributed by atoms with Crippen LogP contribution in [-0.4, -0.2) is 15.0 Å². The summed E-state index contributed by atoms with van der Waals surface area (Å²) < 4.78 is 0. The molecule has 1 N–H and O–H groups in total. The second-order valence-electron chi connectivity index (χ2n) is 3.82. The van der Waals surface area contributed by atoms with Crippen molar-refractivity contribution in [3.8, 4) is 0 Å². The normalized spacial score (nSPS) is 12.5. The molecule has 0 aliphatic heterocycles. The van der Waals surface area contributed by atoms with Crippen LogP contribution in [0.5, 0.6) is 0 Å². The van der Waals surface area contributed by atoms with Gasteiger partial charge in [-0.05, 0) is 20.8 Å². The molecule has 0 aliphatic rings. The first kappa shape index (κ1) is 12.3. The van der Waals surface area contributed by atoms with Gasteiger partial charge >= 0.3 is 0 Å². The van der Waals surface area contributed by atoms with Crippen LogP contribution in [0.15, 0.2) is 11.4 Å². The van der Waals surface area contributed by atoms with Crippen molar-refractivity contribution in [1.29, 1.82) is 0 Å². The minimum atomic E-state index is 0.110. The van der Waals surface area contributed by atoms with Crippen LogP contribution in [0.4, 0.5) is 5.82 Å². The number of anilines is 1. The Morgan fingerprint density at radius 1 is 1.29 bits per heavy atom. The van der Waals surface area contributed by atoms with E-state index in [1.54, 1.807) is 17.4 Å². The van der Waals surface area contributed by atoms with E-state index in [9.17, 15) is 0 Å². The van der Waals surface area contributed by atoms with Gasteiger partial charge in [-0.25, -0.2) is 15.0 Å². The highest BCUT2D eigenvalue weighted by molar-refractivity contribution is 7.09. The molecule has 1 unspecified atom stereocenters. The van der Waals surface area contributed by atoms with Crippen molar-refractivity contribution < 1.29 is 0 Å². The number of rotatable bonds is 3. The molecule has 0 radical (unpaired) electrons. The average Bonchev–Trinajstić information content (AvgIpc) is 2.63. The Kier molecular flexibility index (Phi) is 3.59. The maximum atomic E-state index is 5.88. The molecular formula is C11H13ClN4S. The highest BCUT2D eigenvalue weighted by Crippen LogP contribution is 2.22. The van der Waals surface area contributed by atoms with Crippen LogP contribution in [0.25, 0.3) is 0 Å². The first-order valence-electron chi connectivity index (χ1n) is 5.24. The zero-order chi connectivity index (χ0) is 12.4. The summed E-state index contributed by atoms with van der Waals surface area (Å²) in [6, 6.07) is 1.82. The summed E-state index contributed by atoms with van der Waals surface area (Å²) in [6.07, 6.45) is 0. The zero-order valence-corrected chi connectivity index (χ0v) is 11.4. The van der Waals surface area contributed by atoms with Crippen LogP contribution < -0.4 is 5.32 Å². The van der Waals surface area contributed by atoms with Gasteiger partial charge < -0.3 is 5.32 Å². The number of aryl methyl sites for hydroxylation is 2. The Balaban J connectivity index is 2.15. The summed E-state index contributed by atoms with van der Waals surface area (Å²) >= 11 is 7.51. The molecule has 0 saturated heterocycles. The van der Waals surface area contributed by atoms with E-state index in [1.165, 1.54) is 0 Å². The number of thiazole rings is 1. The van der Waals surface area contributed by atoms with E-state index >= 15 is 0 Å². The Hall–Kier alpha value is -1.20. The molecule has 17 heavy (non-hydrogen) atoms. The van der Waals surface area contributed by atoms with Crippen molar-refractivity contribution in [2.75, 3.05) is 5.32 Å². The number of hydrogen-bond donors (Lipinski definition) is 1. The zero-order valence-electron chi connectivity index (χ0n) is 9.86. The third-order valence-corrected chi connectivity index (χ3v) is 3.52. The van der Waals surface area contributed by atoms with Gasteiger partial charge in [0.25, 0.3) is 0 Å². The lowest BCUT2D eigenvalue weighted by molar-refractivity contribution is 0.849. The van der Waals surface area contributed by atoms with Gasteiger partial charge in [-0.2, -0.15) is 0 Å². The molecule has 2 rings (SSSR count). The van der Waals surface area contributed by atoms with E-state index in [-0.39, 0.29) is 6.04 Å². The summed E-state index contributed by atoms with van der Waals surface area (Å²) in [6.45, 7) is 5.84. The third kappa shape index (κ3) is 3.14. The van der Waals surface area contributed by atoms with Crippen LogP contribution in [-0.2, 0) is 0 Å². The minimum absolute atomic E-state index is 0.110. The summed E-state index contributed by atoms with van der Waals surface area (Å²) in [4.78, 5) is 12.7. The van der Waals surface area contributed by atoms with Crippen LogP contribution in [0.1, 0.15) is 29.5 Å². The number of hydrogen-bond acceptors (Lipinski definition) is 5. The van der Waals surface area contributed by atoms with Gasteiger partial charge in [0.1, 0.15) is 21.8 Å². The molecule has 90 valence electrons. The maximum absolute atomic E-state index is 5.88. The molecule has 0 saturated carbocycles. The molecular weight excluding hydrogens is 256 g/mol. The SMILES string of the molecule is Cc1csc(C(C)Nc2cc(Cl)nc(C)n2)n1. The third-order valence-electron chi connectivity index (χ3n) is 2.18. The van der Waals surface area contributed by atoms with Crippen molar-refractivity contribution in [1.82, 2.24) is 15.0 Å². The molecule has 0 aromatic carbocycles. The Morgan fingerprint density at radius 2 is 2.06 bits per heavy atom. The van der Waals surface area contributed by atoms with E-state index in [1.807, 2.05) is 26.2 Å². The second kappa shape index (κ2) is 4.98. The predicted octanol–water partition coefficient (Wildman–Crippen LogP) is 3.38. The monoisotopic (exact) mass is 268 g/mol. The van der Waals surface area contributed by atoms with Crippen LogP contribution >= 0.6 is 22.9 Å². The van der Waals surface area contributed by atoms with Gasteiger partial charge in [-0.3, -0.25) is 0 Å². The lowest BCUT2D eigenvalue weighted by Gasteiger charge is -2.12. The van der Waals surface area contributed by atoms with E-state index in [0.29, 0.717) is 11.0 Å². The minimum Gasteiger partial charge on any atom is -0.361 e. The van der Waals surface area contributed by atoms with Gasteiger partial charge in [0, 0.05) is 17.1 Å². The predicted molar refractivity (Wildman–Crippen MR) is 70.7 cm³/mol. The Morgan fingerprint density at radius 3 is 2.65 bits per heavy atom. The molecule has 2 aromatic rings. The van der Waals surface area contributed by atoms with Crippen molar-refractivity contribution in [3.05, 3.63) is 33.1 Å². The number of nitrogens with zero attached hydrogens (tertiary/aromatic N) is 3. The fraction of sp³-hybridized carbons (Fsp3) is 0.364. The summed E-state index contributed by atoms with van der Waals surface area (Å²) in [7, 11) is 0. The fourth-order valence-corrected chi connectivity index (χ4v) is 2.49. The fourth-order valence-electron chi connectivity index (χ4n) is 1.46. The summed E-state index contributed by atoms with van der Waals surface area (Å²) in [5.74, 6) is 1.38. The number of halogens is 1. The molecule has 0 aliphatic carbocycles. The quantitative estimate of drug-likeness (QED) is 0.867. The van der Waals surface area contributed by atoms with Gasteiger partial charge in [-0.15, -0.1) is 11.3 Å². The molecule has 0 fully saturated rings. The lowest BCUT2D eigenvalue weighted by Crippen LogP contribution is -2.08. The van der Waals surface area contributed by atoms with Crippen molar-refractivity contribution in [3.63, 3.8) is 0 Å². The van der Waals surface area contributed by atoms with E-state index in [2.05, 4.69) is 20.3 Å². The lowest BCUT2D eigenvalue weighted by atomic mass is 10.3. The van der Waals surface area contributed by atoms with Gasteiger partial charge in [0.05, 0.1) is 6.04 Å². The van der Waals surface area contributed by atoms with Crippen molar-refractivity contribution in [2.45, 2.75) is 26.8 Å². The van der Waals surface area contributed by atoms with E-state index in [0.717, 1.165) is 16.5 Å². The second-order valence-corrected chi connectivity index (χ2v) is 5.09. The van der Waals surface area contributed by atoms with Crippen molar-refractivity contribution in [2.24, 2.45) is 0 Å². The van der Waals surface area contributed by atoms with Crippen molar-refractivity contribution >= 4 is 28.8 Å². The number of aromatic nitrogens is 3. The standard InChI is InChI=1S/C11H13ClN4S/c1-6-5-17-11(13-6)7(2)14-10-4-9(12)15-8(3)16-10/h4-5,7H,1-3H3,(H,14,15,16). The molecule has 0 bridgehead atoms. The van der Waals surface area contributed by atoms with Gasteiger partial charge in [0.2, 0.25) is 0 Å². The maximum Gasteiger partial charge on any atom is 0.134 e. The highest BCUT2D eigenvalue weighted by atomic mass is 35.5. The largest absolute Gasteiger partial charge is 0.361 e. The van der Waals surface area contributed by atoms with Crippen LogP contribution in [0, 0.1) is 13.8 Å². The van der Waals surface area contributed by atoms with Gasteiger partial charge in [-0.1, -0.05) is 11.6 Å². The van der Waals surface area contributed by atoms with Gasteiger partial charge in [0.15, 0.2) is 0 Å². The smallest absolute Gasteiger partial charge is 0.134 e. The molecule has 0 spiro atoms.